The molecule has 3 heterocycles. The average molecular weight is 465 g/mol. The normalized spacial score (nSPS) is 20.3. The number of fused-ring (bicyclic) bond motifs is 1. The lowest BCUT2D eigenvalue weighted by Gasteiger charge is -2.31. The monoisotopic (exact) mass is 464 g/mol. The number of nitrogens with two attached hydrogens (primary N) is 1. The zero-order valence-corrected chi connectivity index (χ0v) is 19.1. The van der Waals surface area contributed by atoms with Crippen molar-refractivity contribution in [3.63, 3.8) is 0 Å². The van der Waals surface area contributed by atoms with E-state index in [1.54, 1.807) is 12.1 Å². The smallest absolute Gasteiger partial charge is 0.257 e. The number of hydrogen-bond donors (Lipinski definition) is 1. The first-order chi connectivity index (χ1) is 16.5. The Hall–Kier alpha value is -3.59. The third-order valence-corrected chi connectivity index (χ3v) is 6.72. The summed E-state index contributed by atoms with van der Waals surface area (Å²) in [7, 11) is 1.63. The van der Waals surface area contributed by atoms with Crippen molar-refractivity contribution in [2.75, 3.05) is 33.5 Å². The Kier molecular flexibility index (Phi) is 6.10. The number of rotatable bonds is 6. The molecule has 2 amide bonds. The highest BCUT2D eigenvalue weighted by molar-refractivity contribution is 6.03. The van der Waals surface area contributed by atoms with Gasteiger partial charge in [0.15, 0.2) is 11.5 Å². The van der Waals surface area contributed by atoms with Crippen LogP contribution in [-0.4, -0.2) is 61.0 Å². The van der Waals surface area contributed by atoms with Crippen LogP contribution in [-0.2, 0) is 9.59 Å². The van der Waals surface area contributed by atoms with E-state index in [-0.39, 0.29) is 37.1 Å². The van der Waals surface area contributed by atoms with E-state index in [0.29, 0.717) is 43.9 Å². The van der Waals surface area contributed by atoms with Gasteiger partial charge in [0.25, 0.3) is 5.91 Å². The predicted octanol–water partition coefficient (Wildman–Crippen LogP) is 2.30. The molecule has 0 spiro atoms. The lowest BCUT2D eigenvalue weighted by Crippen LogP contribution is -2.44. The van der Waals surface area contributed by atoms with Gasteiger partial charge in [-0.1, -0.05) is 6.07 Å². The molecule has 0 bridgehead atoms. The molecule has 9 heteroatoms. The fraction of sp³-hybridized carbons (Fsp3) is 0.400. The molecule has 3 aliphatic heterocycles. The van der Waals surface area contributed by atoms with Crippen molar-refractivity contribution >= 4 is 17.5 Å². The van der Waals surface area contributed by atoms with Crippen LogP contribution in [0.25, 0.3) is 0 Å². The number of likely N-dealkylation sites (tertiary alicyclic amines) is 1. The van der Waals surface area contributed by atoms with Crippen LogP contribution in [0.1, 0.15) is 36.4 Å². The van der Waals surface area contributed by atoms with Gasteiger partial charge in [-0.2, -0.15) is 5.10 Å². The Labute approximate surface area is 198 Å². The van der Waals surface area contributed by atoms with E-state index >= 15 is 0 Å². The van der Waals surface area contributed by atoms with Gasteiger partial charge in [-0.15, -0.1) is 0 Å². The van der Waals surface area contributed by atoms with Crippen molar-refractivity contribution in [2.45, 2.75) is 25.3 Å². The molecule has 5 rings (SSSR count). The summed E-state index contributed by atoms with van der Waals surface area (Å²) < 4.78 is 16.3. The fourth-order valence-electron chi connectivity index (χ4n) is 4.72. The second-order valence-electron chi connectivity index (χ2n) is 8.80. The van der Waals surface area contributed by atoms with Crippen LogP contribution >= 0.6 is 0 Å². The molecular formula is C25H28N4O5. The number of piperidine rings is 1. The molecule has 178 valence electrons. The minimum absolute atomic E-state index is 0.0799. The number of ether oxygens (including phenoxy) is 3. The Morgan fingerprint density at radius 3 is 2.53 bits per heavy atom. The molecule has 2 aromatic rings. The molecule has 1 saturated heterocycles. The van der Waals surface area contributed by atoms with Crippen LogP contribution in [0.15, 0.2) is 47.6 Å². The van der Waals surface area contributed by atoms with E-state index in [0.717, 1.165) is 22.6 Å². The lowest BCUT2D eigenvalue weighted by molar-refractivity contribution is -0.134. The standard InChI is InChI=1S/C25H28N4O5/c1-32-19-5-2-16(3-6-19)20-13-21(18-4-7-22-23(12-18)34-15-33-22)29(27-20)24(30)14-28-10-8-17(9-11-28)25(26)31/h2-7,12,17,21H,8-11,13-15H2,1H3,(H2,26,31)/t21-/m1/s1. The van der Waals surface area contributed by atoms with Crippen molar-refractivity contribution in [3.05, 3.63) is 53.6 Å². The van der Waals surface area contributed by atoms with Crippen molar-refractivity contribution in [1.82, 2.24) is 9.91 Å². The summed E-state index contributed by atoms with van der Waals surface area (Å²) in [5.41, 5.74) is 8.18. The summed E-state index contributed by atoms with van der Waals surface area (Å²) in [6.45, 7) is 1.76. The summed E-state index contributed by atoms with van der Waals surface area (Å²) in [6, 6.07) is 13.2. The second-order valence-corrected chi connectivity index (χ2v) is 8.80. The highest BCUT2D eigenvalue weighted by Crippen LogP contribution is 2.39. The van der Waals surface area contributed by atoms with E-state index in [9.17, 15) is 9.59 Å². The highest BCUT2D eigenvalue weighted by Gasteiger charge is 2.35. The zero-order valence-electron chi connectivity index (χ0n) is 19.1. The topological polar surface area (TPSA) is 107 Å². The maximum atomic E-state index is 13.4. The van der Waals surface area contributed by atoms with Gasteiger partial charge in [0.1, 0.15) is 5.75 Å². The summed E-state index contributed by atoms with van der Waals surface area (Å²) >= 11 is 0. The molecule has 2 N–H and O–H groups in total. The first-order valence-corrected chi connectivity index (χ1v) is 11.5. The molecular weight excluding hydrogens is 436 g/mol. The van der Waals surface area contributed by atoms with E-state index < -0.39 is 0 Å². The molecule has 9 nitrogen and oxygen atoms in total. The van der Waals surface area contributed by atoms with Crippen molar-refractivity contribution in [1.29, 1.82) is 0 Å². The largest absolute Gasteiger partial charge is 0.497 e. The number of hydrazone groups is 1. The molecule has 0 aliphatic carbocycles. The first kappa shape index (κ1) is 22.2. The number of hydrogen-bond acceptors (Lipinski definition) is 7. The van der Waals surface area contributed by atoms with Gasteiger partial charge in [-0.05, 0) is 73.5 Å². The third kappa shape index (κ3) is 4.43. The maximum absolute atomic E-state index is 13.4. The highest BCUT2D eigenvalue weighted by atomic mass is 16.7. The van der Waals surface area contributed by atoms with Crippen LogP contribution in [0.2, 0.25) is 0 Å². The zero-order chi connectivity index (χ0) is 23.7. The minimum Gasteiger partial charge on any atom is -0.497 e. The maximum Gasteiger partial charge on any atom is 0.257 e. The minimum atomic E-state index is -0.262. The van der Waals surface area contributed by atoms with Crippen LogP contribution < -0.4 is 19.9 Å². The van der Waals surface area contributed by atoms with E-state index in [1.165, 1.54) is 0 Å². The Balaban J connectivity index is 1.37. The van der Waals surface area contributed by atoms with Gasteiger partial charge in [0, 0.05) is 12.3 Å². The van der Waals surface area contributed by atoms with Crippen molar-refractivity contribution in [2.24, 2.45) is 16.8 Å². The molecule has 1 fully saturated rings. The molecule has 1 atom stereocenters. The lowest BCUT2D eigenvalue weighted by atomic mass is 9.96. The molecule has 0 aromatic heterocycles. The third-order valence-electron chi connectivity index (χ3n) is 6.72. The second kappa shape index (κ2) is 9.34. The Morgan fingerprint density at radius 2 is 1.82 bits per heavy atom. The number of benzene rings is 2. The predicted molar refractivity (Wildman–Crippen MR) is 125 cm³/mol. The van der Waals surface area contributed by atoms with Crippen molar-refractivity contribution < 1.29 is 23.8 Å². The molecule has 0 radical (unpaired) electrons. The van der Waals surface area contributed by atoms with Crippen LogP contribution in [0, 0.1) is 5.92 Å². The molecule has 3 aliphatic rings. The van der Waals surface area contributed by atoms with Crippen LogP contribution in [0.3, 0.4) is 0 Å². The summed E-state index contributed by atoms with van der Waals surface area (Å²) in [4.78, 5) is 27.0. The number of primary amides is 1. The SMILES string of the molecule is COc1ccc(C2=NN(C(=O)CN3CCC(C(N)=O)CC3)[C@@H](c3ccc4c(c3)OCO4)C2)cc1. The number of carbonyl (C=O) groups excluding carboxylic acids is 2. The first-order valence-electron chi connectivity index (χ1n) is 11.5. The van der Waals surface area contributed by atoms with E-state index in [1.807, 2.05) is 42.5 Å². The number of carbonyl (C=O) groups is 2. The van der Waals surface area contributed by atoms with E-state index in [2.05, 4.69) is 4.90 Å². The van der Waals surface area contributed by atoms with Crippen molar-refractivity contribution in [3.8, 4) is 17.2 Å². The van der Waals surface area contributed by atoms with Gasteiger partial charge < -0.3 is 19.9 Å². The molecule has 34 heavy (non-hydrogen) atoms. The van der Waals surface area contributed by atoms with Gasteiger partial charge in [0.05, 0.1) is 25.4 Å². The van der Waals surface area contributed by atoms with Gasteiger partial charge >= 0.3 is 0 Å². The molecule has 2 aromatic carbocycles. The van der Waals surface area contributed by atoms with Gasteiger partial charge in [-0.3, -0.25) is 14.5 Å². The summed E-state index contributed by atoms with van der Waals surface area (Å²) in [5.74, 6) is 1.69. The summed E-state index contributed by atoms with van der Waals surface area (Å²) in [5, 5.41) is 6.36. The number of nitrogens with zero attached hydrogens (tertiary/aromatic N) is 3. The van der Waals surface area contributed by atoms with Crippen LogP contribution in [0.4, 0.5) is 0 Å². The van der Waals surface area contributed by atoms with E-state index in [4.69, 9.17) is 25.0 Å². The number of amides is 2. The molecule has 0 saturated carbocycles. The number of methoxy groups -OCH3 is 1. The average Bonchev–Trinajstić information content (AvgIpc) is 3.51. The summed E-state index contributed by atoms with van der Waals surface area (Å²) in [6.07, 6.45) is 1.94. The van der Waals surface area contributed by atoms with Gasteiger partial charge in [-0.25, -0.2) is 5.01 Å². The molecule has 0 unspecified atom stereocenters. The Bertz CT molecular complexity index is 1110. The van der Waals surface area contributed by atoms with Gasteiger partial charge in [0.2, 0.25) is 12.7 Å². The Morgan fingerprint density at radius 1 is 1.09 bits per heavy atom. The fourth-order valence-corrected chi connectivity index (χ4v) is 4.72. The quantitative estimate of drug-likeness (QED) is 0.703. The van der Waals surface area contributed by atoms with Crippen LogP contribution in [0.5, 0.6) is 17.2 Å².